The Morgan fingerprint density at radius 1 is 1.00 bits per heavy atom. The molecular weight excluding hydrogens is 396 g/mol. The van der Waals surface area contributed by atoms with Gasteiger partial charge in [-0.2, -0.15) is 4.57 Å². The van der Waals surface area contributed by atoms with Crippen molar-refractivity contribution < 1.29 is 13.7 Å². The zero-order chi connectivity index (χ0) is 20.7. The van der Waals surface area contributed by atoms with Gasteiger partial charge in [0.15, 0.2) is 5.75 Å². The minimum Gasteiger partial charge on any atom is -0.439 e. The van der Waals surface area contributed by atoms with Gasteiger partial charge in [-0.3, -0.25) is 0 Å². The fraction of sp³-hybridized carbons (Fsp3) is 0.160. The van der Waals surface area contributed by atoms with Gasteiger partial charge in [0.05, 0.1) is 16.8 Å². The Morgan fingerprint density at radius 3 is 2.63 bits per heavy atom. The standard InChI is InChI=1S/C25H22ClN2O2/c1-3-27-19-9-5-7-11-21(19)29-23(27)15-17-13-14-18(25(17)26)16-24-28(4-2)20-10-6-8-12-22(20)30-24/h5-16H,3-4H2,1-2H3/q+1. The molecule has 0 amide bonds. The summed E-state index contributed by atoms with van der Waals surface area (Å²) in [7, 11) is 0. The first-order chi connectivity index (χ1) is 14.7. The van der Waals surface area contributed by atoms with Gasteiger partial charge >= 0.3 is 5.89 Å². The van der Waals surface area contributed by atoms with E-state index in [0.717, 1.165) is 58.5 Å². The van der Waals surface area contributed by atoms with Gasteiger partial charge in [-0.1, -0.05) is 48.0 Å². The second-order valence-electron chi connectivity index (χ2n) is 7.15. The number of hydrogen-bond acceptors (Lipinski definition) is 3. The maximum atomic E-state index is 6.75. The van der Waals surface area contributed by atoms with Gasteiger partial charge < -0.3 is 14.1 Å². The van der Waals surface area contributed by atoms with Crippen molar-refractivity contribution in [2.75, 3.05) is 11.4 Å². The molecule has 0 radical (unpaired) electrons. The highest BCUT2D eigenvalue weighted by Crippen LogP contribution is 2.40. The number of ether oxygens (including phenoxy) is 1. The van der Waals surface area contributed by atoms with Gasteiger partial charge in [0.2, 0.25) is 11.5 Å². The van der Waals surface area contributed by atoms with E-state index in [0.29, 0.717) is 5.03 Å². The molecule has 0 atom stereocenters. The largest absolute Gasteiger partial charge is 0.439 e. The van der Waals surface area contributed by atoms with Crippen LogP contribution >= 0.6 is 11.6 Å². The molecule has 1 aliphatic carbocycles. The molecule has 5 rings (SSSR count). The molecule has 3 aromatic rings. The number of benzene rings is 2. The van der Waals surface area contributed by atoms with E-state index in [2.05, 4.69) is 35.4 Å². The first-order valence-electron chi connectivity index (χ1n) is 10.2. The van der Waals surface area contributed by atoms with Crippen molar-refractivity contribution in [2.24, 2.45) is 0 Å². The number of nitrogens with zero attached hydrogens (tertiary/aromatic N) is 2. The van der Waals surface area contributed by atoms with Crippen LogP contribution < -0.4 is 14.2 Å². The van der Waals surface area contributed by atoms with Crippen molar-refractivity contribution >= 4 is 34.5 Å². The summed E-state index contributed by atoms with van der Waals surface area (Å²) < 4.78 is 14.3. The smallest absolute Gasteiger partial charge is 0.374 e. The highest BCUT2D eigenvalue weighted by molar-refractivity contribution is 6.34. The normalized spacial score (nSPS) is 18.2. The highest BCUT2D eigenvalue weighted by Gasteiger charge is 2.26. The van der Waals surface area contributed by atoms with E-state index < -0.39 is 0 Å². The van der Waals surface area contributed by atoms with E-state index in [1.807, 2.05) is 60.7 Å². The molecule has 1 aromatic heterocycles. The lowest BCUT2D eigenvalue weighted by Crippen LogP contribution is -2.33. The molecule has 2 aromatic carbocycles. The van der Waals surface area contributed by atoms with E-state index >= 15 is 0 Å². The molecule has 2 heterocycles. The summed E-state index contributed by atoms with van der Waals surface area (Å²) >= 11 is 6.75. The number of hydrogen-bond donors (Lipinski definition) is 0. The maximum absolute atomic E-state index is 6.75. The number of fused-ring (bicyclic) bond motifs is 2. The number of oxazole rings is 1. The van der Waals surface area contributed by atoms with Gasteiger partial charge in [0, 0.05) is 24.3 Å². The Hall–Kier alpha value is -3.24. The van der Waals surface area contributed by atoms with Crippen LogP contribution in [-0.2, 0) is 6.54 Å². The number of para-hydroxylation sites is 4. The SMILES string of the molecule is CCN1/C(=C\C2=C(Cl)C(=C/c3oc4ccccc4[n+]3CC)/C=C2)Oc2ccccc21. The maximum Gasteiger partial charge on any atom is 0.374 e. The Balaban J connectivity index is 1.51. The van der Waals surface area contributed by atoms with Crippen LogP contribution in [-0.4, -0.2) is 6.54 Å². The van der Waals surface area contributed by atoms with E-state index in [4.69, 9.17) is 20.8 Å². The fourth-order valence-electron chi connectivity index (χ4n) is 3.95. The summed E-state index contributed by atoms with van der Waals surface area (Å²) in [6.07, 6.45) is 8.02. The lowest BCUT2D eigenvalue weighted by atomic mass is 10.2. The molecule has 4 nitrogen and oxygen atoms in total. The third-order valence-corrected chi connectivity index (χ3v) is 5.85. The first-order valence-corrected chi connectivity index (χ1v) is 10.5. The zero-order valence-electron chi connectivity index (χ0n) is 16.9. The summed E-state index contributed by atoms with van der Waals surface area (Å²) in [4.78, 5) is 2.15. The second kappa shape index (κ2) is 7.54. The van der Waals surface area contributed by atoms with Crippen molar-refractivity contribution in [3.8, 4) is 5.75 Å². The van der Waals surface area contributed by atoms with E-state index in [9.17, 15) is 0 Å². The van der Waals surface area contributed by atoms with Crippen molar-refractivity contribution in [1.29, 1.82) is 0 Å². The Morgan fingerprint density at radius 2 is 1.80 bits per heavy atom. The summed E-state index contributed by atoms with van der Waals surface area (Å²) in [5.74, 6) is 2.43. The Bertz CT molecular complexity index is 1260. The third kappa shape index (κ3) is 3.04. The predicted octanol–water partition coefficient (Wildman–Crippen LogP) is 5.95. The molecule has 0 unspecified atom stereocenters. The summed E-state index contributed by atoms with van der Waals surface area (Å²) in [5, 5.41) is 0.682. The molecule has 0 spiro atoms. The van der Waals surface area contributed by atoms with Crippen LogP contribution in [0, 0.1) is 0 Å². The van der Waals surface area contributed by atoms with Crippen LogP contribution in [0.1, 0.15) is 19.7 Å². The van der Waals surface area contributed by atoms with E-state index in [-0.39, 0.29) is 0 Å². The third-order valence-electron chi connectivity index (χ3n) is 5.41. The summed E-state index contributed by atoms with van der Waals surface area (Å²) in [5.41, 5.74) is 4.86. The number of halogens is 1. The van der Waals surface area contributed by atoms with E-state index in [1.54, 1.807) is 0 Å². The number of aryl methyl sites for hydroxylation is 1. The lowest BCUT2D eigenvalue weighted by Gasteiger charge is -2.15. The molecule has 0 saturated heterocycles. The number of rotatable bonds is 4. The van der Waals surface area contributed by atoms with E-state index in [1.165, 1.54) is 0 Å². The molecular formula is C25H22ClN2O2+. The molecule has 150 valence electrons. The quantitative estimate of drug-likeness (QED) is 0.491. The molecule has 0 bridgehead atoms. The first kappa shape index (κ1) is 18.8. The van der Waals surface area contributed by atoms with Crippen molar-refractivity contribution in [3.05, 3.63) is 94.7 Å². The highest BCUT2D eigenvalue weighted by atomic mass is 35.5. The summed E-state index contributed by atoms with van der Waals surface area (Å²) in [6, 6.07) is 16.1. The lowest BCUT2D eigenvalue weighted by molar-refractivity contribution is -0.674. The van der Waals surface area contributed by atoms with Crippen LogP contribution in [0.25, 0.3) is 17.2 Å². The topological polar surface area (TPSA) is 29.5 Å². The van der Waals surface area contributed by atoms with Crippen LogP contribution in [0.5, 0.6) is 5.75 Å². The van der Waals surface area contributed by atoms with Crippen LogP contribution in [0.4, 0.5) is 5.69 Å². The molecule has 2 aliphatic rings. The average molecular weight is 418 g/mol. The molecule has 1 aliphatic heterocycles. The van der Waals surface area contributed by atoms with Gasteiger partial charge in [-0.15, -0.1) is 0 Å². The molecule has 0 N–H and O–H groups in total. The average Bonchev–Trinajstić information content (AvgIpc) is 3.42. The van der Waals surface area contributed by atoms with Crippen LogP contribution in [0.2, 0.25) is 0 Å². The monoisotopic (exact) mass is 417 g/mol. The predicted molar refractivity (Wildman–Crippen MR) is 120 cm³/mol. The molecule has 0 fully saturated rings. The van der Waals surface area contributed by atoms with Crippen LogP contribution in [0.15, 0.2) is 93.2 Å². The number of allylic oxidation sites excluding steroid dienone is 6. The molecule has 0 saturated carbocycles. The second-order valence-corrected chi connectivity index (χ2v) is 7.53. The van der Waals surface area contributed by atoms with Crippen molar-refractivity contribution in [1.82, 2.24) is 0 Å². The van der Waals surface area contributed by atoms with Gasteiger partial charge in [-0.05, 0) is 37.6 Å². The van der Waals surface area contributed by atoms with Crippen molar-refractivity contribution in [3.63, 3.8) is 0 Å². The summed E-state index contributed by atoms with van der Waals surface area (Å²) in [6.45, 7) is 5.84. The van der Waals surface area contributed by atoms with Gasteiger partial charge in [-0.25, -0.2) is 0 Å². The molecule has 5 heteroatoms. The number of aromatic nitrogens is 1. The minimum atomic E-state index is 0.682. The van der Waals surface area contributed by atoms with Crippen molar-refractivity contribution in [2.45, 2.75) is 20.4 Å². The minimum absolute atomic E-state index is 0.682. The Kier molecular flexibility index (Phi) is 4.72. The number of anilines is 1. The fourth-order valence-corrected chi connectivity index (χ4v) is 4.19. The zero-order valence-corrected chi connectivity index (χ0v) is 17.7. The Labute approximate surface area is 180 Å². The molecule has 30 heavy (non-hydrogen) atoms. The van der Waals surface area contributed by atoms with Gasteiger partial charge in [0.25, 0.3) is 5.52 Å². The van der Waals surface area contributed by atoms with Crippen LogP contribution in [0.3, 0.4) is 0 Å². The van der Waals surface area contributed by atoms with Gasteiger partial charge in [0.1, 0.15) is 6.54 Å².